The standard InChI is InChI=1S/C21H27NO3/c1-13-11-14(2)15(3)20(12-13)25-17(5)21(23)22-16(4)18-9-7-8-10-19(18)24-6/h7-12,16-17H,1-6H3,(H,22,23)/t16-,17+/m0/s1. The molecule has 0 aliphatic rings. The lowest BCUT2D eigenvalue weighted by molar-refractivity contribution is -0.127. The molecule has 2 aromatic rings. The van der Waals surface area contributed by atoms with E-state index in [1.807, 2.05) is 58.0 Å². The fourth-order valence-corrected chi connectivity index (χ4v) is 2.80. The van der Waals surface area contributed by atoms with E-state index in [1.54, 1.807) is 14.0 Å². The summed E-state index contributed by atoms with van der Waals surface area (Å²) in [5.41, 5.74) is 4.27. The zero-order chi connectivity index (χ0) is 18.6. The van der Waals surface area contributed by atoms with Gasteiger partial charge in [0.2, 0.25) is 0 Å². The molecule has 25 heavy (non-hydrogen) atoms. The molecule has 0 spiro atoms. The Morgan fingerprint density at radius 1 is 1.04 bits per heavy atom. The summed E-state index contributed by atoms with van der Waals surface area (Å²) < 4.78 is 11.3. The highest BCUT2D eigenvalue weighted by molar-refractivity contribution is 5.81. The van der Waals surface area contributed by atoms with Crippen molar-refractivity contribution in [2.24, 2.45) is 0 Å². The van der Waals surface area contributed by atoms with E-state index >= 15 is 0 Å². The molecule has 0 aliphatic heterocycles. The van der Waals surface area contributed by atoms with Crippen molar-refractivity contribution in [2.75, 3.05) is 7.11 Å². The number of hydrogen-bond donors (Lipinski definition) is 1. The van der Waals surface area contributed by atoms with Crippen LogP contribution in [0.25, 0.3) is 0 Å². The summed E-state index contributed by atoms with van der Waals surface area (Å²) in [6.45, 7) is 9.77. The third kappa shape index (κ3) is 4.53. The van der Waals surface area contributed by atoms with Gasteiger partial charge in [0.15, 0.2) is 6.10 Å². The van der Waals surface area contributed by atoms with Crippen molar-refractivity contribution >= 4 is 5.91 Å². The Morgan fingerprint density at radius 3 is 2.40 bits per heavy atom. The predicted molar refractivity (Wildman–Crippen MR) is 100 cm³/mol. The van der Waals surface area contributed by atoms with Gasteiger partial charge in [-0.05, 0) is 63.4 Å². The minimum absolute atomic E-state index is 0.156. The lowest BCUT2D eigenvalue weighted by Gasteiger charge is -2.21. The molecule has 134 valence electrons. The topological polar surface area (TPSA) is 47.6 Å². The lowest BCUT2D eigenvalue weighted by Crippen LogP contribution is -2.38. The maximum Gasteiger partial charge on any atom is 0.261 e. The van der Waals surface area contributed by atoms with Crippen LogP contribution >= 0.6 is 0 Å². The fourth-order valence-electron chi connectivity index (χ4n) is 2.80. The van der Waals surface area contributed by atoms with Crippen LogP contribution in [-0.2, 0) is 4.79 Å². The van der Waals surface area contributed by atoms with Crippen molar-refractivity contribution in [1.82, 2.24) is 5.32 Å². The first-order valence-corrected chi connectivity index (χ1v) is 8.51. The number of ether oxygens (including phenoxy) is 2. The number of methoxy groups -OCH3 is 1. The van der Waals surface area contributed by atoms with Crippen LogP contribution in [0.4, 0.5) is 0 Å². The Kier molecular flexibility index (Phi) is 6.07. The van der Waals surface area contributed by atoms with Crippen LogP contribution < -0.4 is 14.8 Å². The summed E-state index contributed by atoms with van der Waals surface area (Å²) in [6.07, 6.45) is -0.586. The number of benzene rings is 2. The van der Waals surface area contributed by atoms with Crippen LogP contribution in [0.1, 0.15) is 42.1 Å². The van der Waals surface area contributed by atoms with Crippen LogP contribution in [0, 0.1) is 20.8 Å². The maximum atomic E-state index is 12.5. The number of hydrogen-bond acceptors (Lipinski definition) is 3. The van der Waals surface area contributed by atoms with Crippen LogP contribution in [0.2, 0.25) is 0 Å². The number of carbonyl (C=O) groups excluding carboxylic acids is 1. The molecule has 0 saturated heterocycles. The molecule has 0 saturated carbocycles. The molecule has 0 radical (unpaired) electrons. The first-order chi connectivity index (χ1) is 11.8. The molecule has 0 heterocycles. The first kappa shape index (κ1) is 18.8. The molecule has 4 nitrogen and oxygen atoms in total. The highest BCUT2D eigenvalue weighted by atomic mass is 16.5. The summed E-state index contributed by atoms with van der Waals surface area (Å²) in [5, 5.41) is 3.00. The van der Waals surface area contributed by atoms with Crippen LogP contribution in [0.3, 0.4) is 0 Å². The summed E-state index contributed by atoms with van der Waals surface area (Å²) in [6, 6.07) is 11.6. The number of nitrogens with one attached hydrogen (secondary N) is 1. The third-order valence-electron chi connectivity index (χ3n) is 4.40. The Balaban J connectivity index is 2.08. The summed E-state index contributed by atoms with van der Waals surface area (Å²) in [7, 11) is 1.63. The molecule has 0 bridgehead atoms. The van der Waals surface area contributed by atoms with Gasteiger partial charge in [-0.15, -0.1) is 0 Å². The van der Waals surface area contributed by atoms with Gasteiger partial charge in [-0.2, -0.15) is 0 Å². The Hall–Kier alpha value is -2.49. The average Bonchev–Trinajstić information content (AvgIpc) is 2.58. The number of carbonyl (C=O) groups is 1. The molecule has 0 aromatic heterocycles. The Labute approximate surface area is 150 Å². The second-order valence-corrected chi connectivity index (χ2v) is 6.44. The molecule has 0 aliphatic carbocycles. The minimum atomic E-state index is -0.586. The van der Waals surface area contributed by atoms with Crippen LogP contribution in [0.15, 0.2) is 36.4 Å². The SMILES string of the molecule is COc1ccccc1[C@H](C)NC(=O)[C@@H](C)Oc1cc(C)cc(C)c1C. The maximum absolute atomic E-state index is 12.5. The molecule has 1 N–H and O–H groups in total. The van der Waals surface area contributed by atoms with E-state index in [1.165, 1.54) is 0 Å². The zero-order valence-corrected chi connectivity index (χ0v) is 15.8. The van der Waals surface area contributed by atoms with Crippen molar-refractivity contribution in [1.29, 1.82) is 0 Å². The van der Waals surface area contributed by atoms with Crippen molar-refractivity contribution in [3.8, 4) is 11.5 Å². The van der Waals surface area contributed by atoms with E-state index in [0.29, 0.717) is 0 Å². The van der Waals surface area contributed by atoms with Crippen LogP contribution in [-0.4, -0.2) is 19.1 Å². The minimum Gasteiger partial charge on any atom is -0.496 e. The monoisotopic (exact) mass is 341 g/mol. The average molecular weight is 341 g/mol. The fraction of sp³-hybridized carbons (Fsp3) is 0.381. The highest BCUT2D eigenvalue weighted by Gasteiger charge is 2.20. The van der Waals surface area contributed by atoms with Crippen molar-refractivity contribution in [2.45, 2.75) is 46.8 Å². The third-order valence-corrected chi connectivity index (χ3v) is 4.40. The number of amides is 1. The molecule has 2 rings (SSSR count). The summed E-state index contributed by atoms with van der Waals surface area (Å²) in [4.78, 5) is 12.5. The van der Waals surface area contributed by atoms with Gasteiger partial charge in [-0.3, -0.25) is 4.79 Å². The van der Waals surface area contributed by atoms with E-state index in [-0.39, 0.29) is 11.9 Å². The number of aryl methyl sites for hydroxylation is 2. The lowest BCUT2D eigenvalue weighted by atomic mass is 10.1. The van der Waals surface area contributed by atoms with Gasteiger partial charge in [-0.1, -0.05) is 24.3 Å². The van der Waals surface area contributed by atoms with Gasteiger partial charge in [0.25, 0.3) is 5.91 Å². The summed E-state index contributed by atoms with van der Waals surface area (Å²) in [5.74, 6) is 1.36. The molecular weight excluding hydrogens is 314 g/mol. The number of rotatable bonds is 6. The van der Waals surface area contributed by atoms with Gasteiger partial charge in [-0.25, -0.2) is 0 Å². The van der Waals surface area contributed by atoms with Gasteiger partial charge < -0.3 is 14.8 Å². The first-order valence-electron chi connectivity index (χ1n) is 8.51. The van der Waals surface area contributed by atoms with E-state index in [4.69, 9.17) is 9.47 Å². The van der Waals surface area contributed by atoms with Crippen molar-refractivity contribution in [3.05, 3.63) is 58.7 Å². The molecule has 4 heteroatoms. The Bertz CT molecular complexity index is 755. The van der Waals surface area contributed by atoms with Crippen molar-refractivity contribution in [3.63, 3.8) is 0 Å². The largest absolute Gasteiger partial charge is 0.496 e. The van der Waals surface area contributed by atoms with Gasteiger partial charge >= 0.3 is 0 Å². The molecule has 0 unspecified atom stereocenters. The van der Waals surface area contributed by atoms with E-state index in [2.05, 4.69) is 11.4 Å². The highest BCUT2D eigenvalue weighted by Crippen LogP contribution is 2.26. The molecule has 2 aromatic carbocycles. The predicted octanol–water partition coefficient (Wildman–Crippen LogP) is 4.27. The van der Waals surface area contributed by atoms with Crippen molar-refractivity contribution < 1.29 is 14.3 Å². The Morgan fingerprint density at radius 2 is 1.72 bits per heavy atom. The second kappa shape index (κ2) is 8.06. The van der Waals surface area contributed by atoms with Gasteiger partial charge in [0.05, 0.1) is 13.2 Å². The van der Waals surface area contributed by atoms with Gasteiger partial charge in [0, 0.05) is 5.56 Å². The molecule has 2 atom stereocenters. The van der Waals surface area contributed by atoms with Gasteiger partial charge in [0.1, 0.15) is 11.5 Å². The molecule has 1 amide bonds. The quantitative estimate of drug-likeness (QED) is 0.854. The normalized spacial score (nSPS) is 13.0. The van der Waals surface area contributed by atoms with E-state index < -0.39 is 6.10 Å². The zero-order valence-electron chi connectivity index (χ0n) is 15.8. The van der Waals surface area contributed by atoms with E-state index in [0.717, 1.165) is 33.8 Å². The number of para-hydroxylation sites is 1. The molecule has 0 fully saturated rings. The smallest absolute Gasteiger partial charge is 0.261 e. The van der Waals surface area contributed by atoms with Crippen LogP contribution in [0.5, 0.6) is 11.5 Å². The second-order valence-electron chi connectivity index (χ2n) is 6.44. The van der Waals surface area contributed by atoms with E-state index in [9.17, 15) is 4.79 Å². The molecular formula is C21H27NO3. The summed E-state index contributed by atoms with van der Waals surface area (Å²) >= 11 is 0.